The van der Waals surface area contributed by atoms with Crippen LogP contribution in [0.3, 0.4) is 0 Å². The van der Waals surface area contributed by atoms with Crippen LogP contribution in [0.2, 0.25) is 0 Å². The number of halogens is 1. The number of fused-ring (bicyclic) bond motifs is 19. The maximum atomic E-state index is 15.1. The van der Waals surface area contributed by atoms with E-state index >= 15 is 4.39 Å². The third kappa shape index (κ3) is 4.89. The maximum absolute atomic E-state index is 15.1. The van der Waals surface area contributed by atoms with Crippen LogP contribution in [0.5, 0.6) is 0 Å². The van der Waals surface area contributed by atoms with E-state index in [2.05, 4.69) is 179 Å². The first-order valence-corrected chi connectivity index (χ1v) is 23.9. The molecule has 0 radical (unpaired) electrons. The van der Waals surface area contributed by atoms with Crippen molar-refractivity contribution in [2.75, 3.05) is 4.90 Å². The first kappa shape index (κ1) is 37.3. The van der Waals surface area contributed by atoms with E-state index in [0.29, 0.717) is 5.92 Å². The van der Waals surface area contributed by atoms with Crippen LogP contribution in [0.1, 0.15) is 65.8 Å². The fourth-order valence-electron chi connectivity index (χ4n) is 13.1. The Kier molecular flexibility index (Phi) is 7.68. The summed E-state index contributed by atoms with van der Waals surface area (Å²) in [5, 5.41) is 9.44. The van der Waals surface area contributed by atoms with Crippen molar-refractivity contribution in [2.24, 2.45) is 0 Å². The van der Waals surface area contributed by atoms with Gasteiger partial charge in [-0.05, 0) is 122 Å². The molecule has 1 aliphatic heterocycles. The monoisotopic (exact) mass is 862 g/mol. The molecule has 1 spiro atoms. The molecule has 12 aromatic rings. The summed E-state index contributed by atoms with van der Waals surface area (Å²) < 4.78 is 24.9. The number of hydrogen-bond acceptors (Lipinski definition) is 2. The van der Waals surface area contributed by atoms with E-state index in [1.54, 1.807) is 12.1 Å². The van der Waals surface area contributed by atoms with Crippen LogP contribution in [0.25, 0.3) is 82.1 Å². The van der Waals surface area contributed by atoms with Crippen molar-refractivity contribution < 1.29 is 8.81 Å². The summed E-state index contributed by atoms with van der Waals surface area (Å²) in [5.41, 5.74) is 16.4. The van der Waals surface area contributed by atoms with Gasteiger partial charge in [-0.3, -0.25) is 0 Å². The molecule has 1 unspecified atom stereocenters. The molecule has 0 amide bonds. The summed E-state index contributed by atoms with van der Waals surface area (Å²) >= 11 is 0. The van der Waals surface area contributed by atoms with Crippen molar-refractivity contribution in [1.29, 1.82) is 0 Å². The summed E-state index contributed by atoms with van der Waals surface area (Å²) in [6, 6.07) is 70.2. The molecule has 1 atom stereocenters. The molecular weight excluding hydrogens is 820 g/mol. The molecule has 4 heteroatoms. The van der Waals surface area contributed by atoms with Gasteiger partial charge < -0.3 is 13.9 Å². The highest BCUT2D eigenvalue weighted by Crippen LogP contribution is 2.64. The second-order valence-electron chi connectivity index (χ2n) is 19.0. The van der Waals surface area contributed by atoms with Crippen LogP contribution in [0, 0.1) is 5.82 Å². The summed E-state index contributed by atoms with van der Waals surface area (Å²) in [6.07, 6.45) is 6.16. The van der Waals surface area contributed by atoms with Crippen molar-refractivity contribution in [1.82, 2.24) is 4.57 Å². The Labute approximate surface area is 386 Å². The quantitative estimate of drug-likeness (QED) is 0.176. The van der Waals surface area contributed by atoms with Gasteiger partial charge in [0, 0.05) is 32.6 Å². The van der Waals surface area contributed by atoms with Crippen LogP contribution in [0.4, 0.5) is 21.5 Å². The lowest BCUT2D eigenvalue weighted by Crippen LogP contribution is -2.33. The van der Waals surface area contributed by atoms with E-state index in [1.165, 1.54) is 115 Å². The minimum absolute atomic E-state index is 0.273. The van der Waals surface area contributed by atoms with Crippen molar-refractivity contribution in [3.05, 3.63) is 228 Å². The van der Waals surface area contributed by atoms with Gasteiger partial charge >= 0.3 is 0 Å². The lowest BCUT2D eigenvalue weighted by atomic mass is 9.65. The van der Waals surface area contributed by atoms with Gasteiger partial charge in [0.25, 0.3) is 0 Å². The summed E-state index contributed by atoms with van der Waals surface area (Å²) in [7, 11) is 0. The molecule has 67 heavy (non-hydrogen) atoms. The third-order valence-corrected chi connectivity index (χ3v) is 15.8. The minimum atomic E-state index is -0.706. The SMILES string of the molecule is Fc1ccc(N(c2cc3c(c4ccccc24)-c2c(ccc4ccccc24)C32c3ccccc3-n3c4ccccc4c4cccc2c43)c2cccc3c2oc2c(C4CCCCC4)cccc23)cc1. The second-order valence-corrected chi connectivity index (χ2v) is 19.0. The Morgan fingerprint density at radius 3 is 2.00 bits per heavy atom. The largest absolute Gasteiger partial charge is 0.454 e. The Balaban J connectivity index is 1.10. The predicted octanol–water partition coefficient (Wildman–Crippen LogP) is 17.3. The summed E-state index contributed by atoms with van der Waals surface area (Å²) in [5.74, 6) is 0.205. The van der Waals surface area contributed by atoms with Crippen LogP contribution in [-0.2, 0) is 5.41 Å². The highest BCUT2D eigenvalue weighted by atomic mass is 19.1. The van der Waals surface area contributed by atoms with E-state index < -0.39 is 5.41 Å². The lowest BCUT2D eigenvalue weighted by Gasteiger charge is -2.40. The van der Waals surface area contributed by atoms with Crippen molar-refractivity contribution in [3.8, 4) is 16.8 Å². The molecular formula is C63H43FN2O. The van der Waals surface area contributed by atoms with Gasteiger partial charge in [0.1, 0.15) is 11.4 Å². The zero-order valence-corrected chi connectivity index (χ0v) is 36.8. The van der Waals surface area contributed by atoms with Crippen LogP contribution < -0.4 is 4.90 Å². The van der Waals surface area contributed by atoms with Crippen LogP contribution in [0.15, 0.2) is 199 Å². The number of aromatic nitrogens is 1. The van der Waals surface area contributed by atoms with Gasteiger partial charge in [0.2, 0.25) is 0 Å². The van der Waals surface area contributed by atoms with Gasteiger partial charge in [-0.25, -0.2) is 4.39 Å². The first-order valence-electron chi connectivity index (χ1n) is 23.9. The van der Waals surface area contributed by atoms with Crippen LogP contribution >= 0.6 is 0 Å². The van der Waals surface area contributed by atoms with Gasteiger partial charge in [-0.2, -0.15) is 0 Å². The topological polar surface area (TPSA) is 21.3 Å². The Morgan fingerprint density at radius 2 is 1.13 bits per heavy atom. The van der Waals surface area contributed by atoms with E-state index in [-0.39, 0.29) is 5.82 Å². The minimum Gasteiger partial charge on any atom is -0.454 e. The molecule has 1 saturated carbocycles. The molecule has 0 saturated heterocycles. The number of para-hydroxylation sites is 5. The standard InChI is InChI=1S/C63H43FN2O/c64-40-32-34-41(35-33-40)65(56-30-14-25-49-48-24-12-22-43(61(48)67-62(49)56)38-15-2-1-3-16-38)57-37-53-59(46-21-7-6-19-44(46)57)58-42-18-5-4-17-39(42)31-36-51(58)63(53)50-26-9-11-29-55(50)66-54-28-10-8-20-45(54)47-23-13-27-52(63)60(47)66/h4-14,17-38H,1-3,15-16H2. The Hall–Kier alpha value is -7.95. The number of rotatable bonds is 4. The second kappa shape index (κ2) is 13.8. The highest BCUT2D eigenvalue weighted by molar-refractivity contribution is 6.19. The van der Waals surface area contributed by atoms with Gasteiger partial charge in [-0.15, -0.1) is 0 Å². The smallest absolute Gasteiger partial charge is 0.159 e. The number of benzene rings is 10. The first-order chi connectivity index (χ1) is 33.2. The van der Waals surface area contributed by atoms with E-state index in [4.69, 9.17) is 4.42 Å². The molecule has 3 heterocycles. The van der Waals surface area contributed by atoms with Crippen molar-refractivity contribution in [2.45, 2.75) is 43.4 Å². The number of furan rings is 1. The average Bonchev–Trinajstić information content (AvgIpc) is 4.04. The molecule has 0 bridgehead atoms. The molecule has 2 aliphatic carbocycles. The van der Waals surface area contributed by atoms with Gasteiger partial charge in [0.15, 0.2) is 5.58 Å². The molecule has 3 aliphatic rings. The van der Waals surface area contributed by atoms with E-state index in [9.17, 15) is 0 Å². The van der Waals surface area contributed by atoms with Gasteiger partial charge in [-0.1, -0.05) is 165 Å². The molecule has 1 fully saturated rings. The van der Waals surface area contributed by atoms with Crippen molar-refractivity contribution >= 4 is 82.4 Å². The predicted molar refractivity (Wildman–Crippen MR) is 274 cm³/mol. The number of nitrogens with zero attached hydrogens (tertiary/aromatic N) is 2. The summed E-state index contributed by atoms with van der Waals surface area (Å²) in [4.78, 5) is 2.34. The fraction of sp³-hybridized carbons (Fsp3) is 0.111. The zero-order chi connectivity index (χ0) is 44.0. The third-order valence-electron chi connectivity index (χ3n) is 15.8. The highest BCUT2D eigenvalue weighted by Gasteiger charge is 2.52. The van der Waals surface area contributed by atoms with Crippen molar-refractivity contribution in [3.63, 3.8) is 0 Å². The molecule has 318 valence electrons. The molecule has 2 aromatic heterocycles. The van der Waals surface area contributed by atoms with Crippen LogP contribution in [-0.4, -0.2) is 4.57 Å². The number of anilines is 3. The maximum Gasteiger partial charge on any atom is 0.159 e. The fourth-order valence-corrected chi connectivity index (χ4v) is 13.1. The number of hydrogen-bond donors (Lipinski definition) is 0. The normalized spacial score (nSPS) is 16.4. The molecule has 10 aromatic carbocycles. The van der Waals surface area contributed by atoms with E-state index in [1.807, 2.05) is 12.1 Å². The summed E-state index contributed by atoms with van der Waals surface area (Å²) in [6.45, 7) is 0. The molecule has 3 nitrogen and oxygen atoms in total. The zero-order valence-electron chi connectivity index (χ0n) is 36.8. The Bertz CT molecular complexity index is 4060. The van der Waals surface area contributed by atoms with E-state index in [0.717, 1.165) is 44.4 Å². The molecule has 0 N–H and O–H groups in total. The van der Waals surface area contributed by atoms with Gasteiger partial charge in [0.05, 0.1) is 33.5 Å². The average molecular weight is 863 g/mol. The molecule has 15 rings (SSSR count). The Morgan fingerprint density at radius 1 is 0.478 bits per heavy atom. The lowest BCUT2D eigenvalue weighted by molar-refractivity contribution is 0.442.